The zero-order valence-electron chi connectivity index (χ0n) is 14.2. The van der Waals surface area contributed by atoms with Crippen LogP contribution in [0.15, 0.2) is 36.4 Å². The Hall–Kier alpha value is -1.40. The minimum absolute atomic E-state index is 0.0230. The van der Waals surface area contributed by atoms with E-state index in [0.717, 1.165) is 43.6 Å². The van der Waals surface area contributed by atoms with Crippen LogP contribution in [0, 0.1) is 17.6 Å². The van der Waals surface area contributed by atoms with Crippen LogP contribution in [0.5, 0.6) is 0 Å². The first-order valence-electron chi connectivity index (χ1n) is 8.57. The molecule has 1 aliphatic heterocycles. The Morgan fingerprint density at radius 3 is 2.12 bits per heavy atom. The van der Waals surface area contributed by atoms with Gasteiger partial charge in [0, 0.05) is 0 Å². The van der Waals surface area contributed by atoms with E-state index < -0.39 is 22.0 Å². The first-order valence-corrected chi connectivity index (χ1v) is 9.37. The Morgan fingerprint density at radius 1 is 1.04 bits per heavy atom. The van der Waals surface area contributed by atoms with Crippen molar-refractivity contribution in [1.29, 1.82) is 0 Å². The lowest BCUT2D eigenvalue weighted by atomic mass is 9.92. The summed E-state index contributed by atoms with van der Waals surface area (Å²) < 4.78 is 60.3. The summed E-state index contributed by atoms with van der Waals surface area (Å²) >= 11 is 2.00. The number of hydrogen-bond donors (Lipinski definition) is 0. The maximum absolute atomic E-state index is 14.0. The number of hydrogen-bond acceptors (Lipinski definition) is 1. The highest BCUT2D eigenvalue weighted by Gasteiger charge is 2.34. The largest absolute Gasteiger partial charge is 0.373 e. The summed E-state index contributed by atoms with van der Waals surface area (Å²) in [5.74, 6) is -1.97. The molecule has 0 aliphatic carbocycles. The van der Waals surface area contributed by atoms with Gasteiger partial charge in [-0.1, -0.05) is 37.6 Å². The van der Waals surface area contributed by atoms with Gasteiger partial charge in [-0.25, -0.2) is 8.78 Å². The van der Waals surface area contributed by atoms with E-state index in [0.29, 0.717) is 11.5 Å². The molecule has 1 aliphatic rings. The molecule has 0 radical (unpaired) electrons. The highest BCUT2D eigenvalue weighted by atomic mass is 79.9. The predicted octanol–water partition coefficient (Wildman–Crippen LogP) is 6.95. The summed E-state index contributed by atoms with van der Waals surface area (Å²) in [5, 5.41) is 0. The quantitative estimate of drug-likeness (QED) is 0.376. The average molecular weight is 431 g/mol. The molecule has 2 aromatic carbocycles. The highest BCUT2D eigenvalue weighted by molar-refractivity contribution is 9.09. The first-order chi connectivity index (χ1) is 12.3. The Bertz CT molecular complexity index is 739. The molecular weight excluding hydrogens is 412 g/mol. The van der Waals surface area contributed by atoms with E-state index in [2.05, 4.69) is 6.92 Å². The fraction of sp³-hybridized carbons (Fsp3) is 0.400. The van der Waals surface area contributed by atoms with Crippen LogP contribution < -0.4 is 0 Å². The molecule has 1 nitrogen and oxygen atoms in total. The molecule has 6 heteroatoms. The number of halogens is 5. The number of ether oxygens (including phenoxy) is 1. The van der Waals surface area contributed by atoms with Gasteiger partial charge in [0.2, 0.25) is 0 Å². The van der Waals surface area contributed by atoms with Crippen molar-refractivity contribution in [2.24, 2.45) is 5.92 Å². The molecule has 26 heavy (non-hydrogen) atoms. The van der Waals surface area contributed by atoms with E-state index >= 15 is 0 Å². The van der Waals surface area contributed by atoms with Crippen molar-refractivity contribution in [3.8, 4) is 11.1 Å². The molecular formula is C20H19BrF4O. The molecule has 2 atom stereocenters. The minimum atomic E-state index is -3.75. The third-order valence-electron chi connectivity index (χ3n) is 4.89. The zero-order chi connectivity index (χ0) is 18.9. The fourth-order valence-electron chi connectivity index (χ4n) is 3.29. The molecule has 0 bridgehead atoms. The summed E-state index contributed by atoms with van der Waals surface area (Å²) in [4.78, 5) is -3.75. The predicted molar refractivity (Wildman–Crippen MR) is 96.3 cm³/mol. The Kier molecular flexibility index (Phi) is 5.72. The molecule has 2 unspecified atom stereocenters. The second-order valence-electron chi connectivity index (χ2n) is 6.61. The van der Waals surface area contributed by atoms with Crippen molar-refractivity contribution in [1.82, 2.24) is 0 Å². The van der Waals surface area contributed by atoms with Crippen LogP contribution in [-0.4, -0.2) is 6.61 Å². The SMILES string of the molecule is CCC1CCC(c2ccc(-c3cc(F)c(C(F)(F)Br)c(F)c3)cc2)OC1. The van der Waals surface area contributed by atoms with Crippen LogP contribution in [0.2, 0.25) is 0 Å². The van der Waals surface area contributed by atoms with Gasteiger partial charge in [0.05, 0.1) is 12.7 Å². The summed E-state index contributed by atoms with van der Waals surface area (Å²) in [7, 11) is 0. The van der Waals surface area contributed by atoms with Gasteiger partial charge in [-0.3, -0.25) is 0 Å². The molecule has 2 aromatic rings. The highest BCUT2D eigenvalue weighted by Crippen LogP contribution is 2.39. The molecule has 1 heterocycles. The molecule has 0 spiro atoms. The topological polar surface area (TPSA) is 9.23 Å². The van der Waals surface area contributed by atoms with Crippen molar-refractivity contribution in [3.63, 3.8) is 0 Å². The molecule has 0 aromatic heterocycles. The monoisotopic (exact) mass is 430 g/mol. The molecule has 0 amide bonds. The summed E-state index contributed by atoms with van der Waals surface area (Å²) in [6.07, 6.45) is 3.18. The molecule has 0 N–H and O–H groups in total. The third kappa shape index (κ3) is 4.12. The molecule has 3 rings (SSSR count). The standard InChI is InChI=1S/C20H19BrF4O/c1-2-12-3-8-18(26-11-12)14-6-4-13(5-7-14)15-9-16(22)19(17(23)10-15)20(21,24)25/h4-7,9-10,12,18H,2-3,8,11H2,1H3. The van der Waals surface area contributed by atoms with Gasteiger partial charge in [-0.2, -0.15) is 8.78 Å². The maximum atomic E-state index is 14.0. The van der Waals surface area contributed by atoms with Crippen LogP contribution in [0.25, 0.3) is 11.1 Å². The number of rotatable bonds is 4. The van der Waals surface area contributed by atoms with Crippen molar-refractivity contribution in [3.05, 3.63) is 59.2 Å². The lowest BCUT2D eigenvalue weighted by molar-refractivity contribution is -0.0180. The van der Waals surface area contributed by atoms with Crippen molar-refractivity contribution < 1.29 is 22.3 Å². The average Bonchev–Trinajstić information content (AvgIpc) is 2.60. The van der Waals surface area contributed by atoms with E-state index in [1.54, 1.807) is 12.1 Å². The van der Waals surface area contributed by atoms with Crippen molar-refractivity contribution in [2.45, 2.75) is 37.1 Å². The van der Waals surface area contributed by atoms with Gasteiger partial charge >= 0.3 is 4.83 Å². The summed E-state index contributed by atoms with van der Waals surface area (Å²) in [6.45, 7) is 2.89. The van der Waals surface area contributed by atoms with Gasteiger partial charge in [0.1, 0.15) is 17.2 Å². The second kappa shape index (κ2) is 7.69. The van der Waals surface area contributed by atoms with Gasteiger partial charge in [-0.15, -0.1) is 0 Å². The van der Waals surface area contributed by atoms with E-state index in [1.807, 2.05) is 28.1 Å². The molecule has 1 fully saturated rings. The number of alkyl halides is 3. The Balaban J connectivity index is 1.81. The normalized spacial score (nSPS) is 21.0. The molecule has 1 saturated heterocycles. The van der Waals surface area contributed by atoms with E-state index in [4.69, 9.17) is 4.74 Å². The summed E-state index contributed by atoms with van der Waals surface area (Å²) in [6, 6.07) is 9.01. The Morgan fingerprint density at radius 2 is 1.65 bits per heavy atom. The van der Waals surface area contributed by atoms with Crippen LogP contribution in [0.3, 0.4) is 0 Å². The number of benzene rings is 2. The smallest absolute Gasteiger partial charge is 0.332 e. The van der Waals surface area contributed by atoms with Crippen molar-refractivity contribution in [2.75, 3.05) is 6.61 Å². The van der Waals surface area contributed by atoms with Crippen LogP contribution in [-0.2, 0) is 9.57 Å². The fourth-order valence-corrected chi connectivity index (χ4v) is 3.67. The van der Waals surface area contributed by atoms with E-state index in [1.165, 1.54) is 0 Å². The van der Waals surface area contributed by atoms with Gasteiger partial charge in [0.25, 0.3) is 0 Å². The Labute approximate surface area is 158 Å². The maximum Gasteiger partial charge on any atom is 0.332 e. The minimum Gasteiger partial charge on any atom is -0.373 e. The van der Waals surface area contributed by atoms with Crippen LogP contribution in [0.4, 0.5) is 17.6 Å². The summed E-state index contributed by atoms with van der Waals surface area (Å²) in [5.41, 5.74) is 0.493. The second-order valence-corrected chi connectivity index (χ2v) is 7.60. The lowest BCUT2D eigenvalue weighted by Gasteiger charge is -2.28. The van der Waals surface area contributed by atoms with Gasteiger partial charge in [-0.05, 0) is 63.5 Å². The van der Waals surface area contributed by atoms with Crippen LogP contribution in [0.1, 0.15) is 43.4 Å². The van der Waals surface area contributed by atoms with Crippen LogP contribution >= 0.6 is 15.9 Å². The van der Waals surface area contributed by atoms with Gasteiger partial charge in [0.15, 0.2) is 0 Å². The van der Waals surface area contributed by atoms with E-state index in [-0.39, 0.29) is 11.7 Å². The van der Waals surface area contributed by atoms with Crippen molar-refractivity contribution >= 4 is 15.9 Å². The van der Waals surface area contributed by atoms with E-state index in [9.17, 15) is 17.6 Å². The van der Waals surface area contributed by atoms with Gasteiger partial charge < -0.3 is 4.74 Å². The third-order valence-corrected chi connectivity index (χ3v) is 5.29. The zero-order valence-corrected chi connectivity index (χ0v) is 15.8. The first kappa shape index (κ1) is 19.4. The molecule has 0 saturated carbocycles. The molecule has 140 valence electrons. The lowest BCUT2D eigenvalue weighted by Crippen LogP contribution is -2.20.